The summed E-state index contributed by atoms with van der Waals surface area (Å²) in [6.07, 6.45) is 4.97. The number of allylic oxidation sites excluding steroid dienone is 3. The van der Waals surface area contributed by atoms with Gasteiger partial charge < -0.3 is 34.5 Å². The van der Waals surface area contributed by atoms with Gasteiger partial charge in [0.15, 0.2) is 0 Å². The van der Waals surface area contributed by atoms with Crippen molar-refractivity contribution in [3.05, 3.63) is 46.5 Å². The molecule has 4 bridgehead atoms. The molecular formula is C32H44ClN3O7. The third-order valence-electron chi connectivity index (χ3n) is 8.99. The number of halogens is 1. The summed E-state index contributed by atoms with van der Waals surface area (Å²) in [7, 11) is 4.84. The molecule has 10 nitrogen and oxygen atoms in total. The van der Waals surface area contributed by atoms with Gasteiger partial charge in [-0.2, -0.15) is 0 Å². The summed E-state index contributed by atoms with van der Waals surface area (Å²) in [5, 5.41) is 6.15. The average molecular weight is 618 g/mol. The highest BCUT2D eigenvalue weighted by atomic mass is 35.5. The Labute approximate surface area is 259 Å². The van der Waals surface area contributed by atoms with Crippen LogP contribution in [0.5, 0.6) is 5.75 Å². The number of hydrogen-bond donors (Lipinski definition) is 2. The van der Waals surface area contributed by atoms with E-state index in [1.165, 1.54) is 12.0 Å². The number of epoxide rings is 1. The number of ether oxygens (including phenoxy) is 4. The summed E-state index contributed by atoms with van der Waals surface area (Å²) in [6.45, 7) is 9.58. The first kappa shape index (κ1) is 32.8. The number of methoxy groups -OCH3 is 1. The molecule has 4 rings (SSSR count). The Kier molecular flexibility index (Phi) is 10.1. The van der Waals surface area contributed by atoms with E-state index >= 15 is 0 Å². The second-order valence-electron chi connectivity index (χ2n) is 12.2. The number of alkyl carbamates (subject to hydrolysis) is 1. The van der Waals surface area contributed by atoms with Crippen molar-refractivity contribution in [1.29, 1.82) is 0 Å². The molecule has 0 aliphatic carbocycles. The highest BCUT2D eigenvalue weighted by molar-refractivity contribution is 6.35. The van der Waals surface area contributed by atoms with Crippen LogP contribution in [-0.2, 0) is 30.2 Å². The molecule has 43 heavy (non-hydrogen) atoms. The van der Waals surface area contributed by atoms with Gasteiger partial charge in [0, 0.05) is 25.4 Å². The number of nitrogens with zero attached hydrogens (tertiary/aromatic N) is 1. The number of likely N-dealkylation sites (N-methyl/N-ethyl adjacent to an activating group) is 1. The Balaban J connectivity index is 1.75. The van der Waals surface area contributed by atoms with Crippen molar-refractivity contribution in [3.63, 3.8) is 0 Å². The number of hydrogen-bond acceptors (Lipinski definition) is 8. The number of fused-ring (bicyclic) bond motifs is 5. The van der Waals surface area contributed by atoms with Crippen LogP contribution in [0.4, 0.5) is 10.5 Å². The maximum atomic E-state index is 13.8. The van der Waals surface area contributed by atoms with Crippen molar-refractivity contribution in [2.75, 3.05) is 26.1 Å². The first-order valence-electron chi connectivity index (χ1n) is 14.8. The quantitative estimate of drug-likeness (QED) is 0.372. The standard InChI is InChI=1S/C32H44ClN3O7/c1-17-10-9-11-18(2)22-15-24(41-31(39)35-22)19(3)29-32(5,43-29)26(42-30(38)20(4)34-6)16-27(37)36(7)23-13-21(12-17)14-25(40-8)28(23)33/h9-11,13-14,18-20,22,24,26,29,34H,12,15-16H2,1-8H3,(H,35,39)/b11-9+,17-10+/t18-,19-,20+,22-,24+,26+,29?,32+/m1/s1. The minimum Gasteiger partial charge on any atom is -0.495 e. The van der Waals surface area contributed by atoms with Crippen molar-refractivity contribution in [3.8, 4) is 5.75 Å². The van der Waals surface area contributed by atoms with Crippen LogP contribution in [0.3, 0.4) is 0 Å². The molecular weight excluding hydrogens is 574 g/mol. The highest BCUT2D eigenvalue weighted by Crippen LogP contribution is 2.48. The number of carbonyl (C=O) groups excluding carboxylic acids is 3. The van der Waals surface area contributed by atoms with E-state index in [1.807, 2.05) is 45.1 Å². The van der Waals surface area contributed by atoms with Gasteiger partial charge in [0.05, 0.1) is 25.3 Å². The molecule has 2 N–H and O–H groups in total. The molecule has 2 amide bonds. The smallest absolute Gasteiger partial charge is 0.407 e. The molecule has 3 aliphatic heterocycles. The maximum Gasteiger partial charge on any atom is 0.407 e. The Hall–Kier alpha value is -3.08. The molecule has 8 atom stereocenters. The summed E-state index contributed by atoms with van der Waals surface area (Å²) in [6, 6.07) is 3.02. The third kappa shape index (κ3) is 7.19. The van der Waals surface area contributed by atoms with E-state index in [0.717, 1.165) is 11.1 Å². The van der Waals surface area contributed by atoms with Crippen molar-refractivity contribution in [2.24, 2.45) is 11.8 Å². The summed E-state index contributed by atoms with van der Waals surface area (Å²) < 4.78 is 23.4. The van der Waals surface area contributed by atoms with Gasteiger partial charge in [0.1, 0.15) is 34.6 Å². The number of rotatable bonds is 4. The average Bonchev–Trinajstić information content (AvgIpc) is 3.67. The minimum absolute atomic E-state index is 0.0467. The molecule has 2 saturated heterocycles. The summed E-state index contributed by atoms with van der Waals surface area (Å²) in [4.78, 5) is 40.8. The van der Waals surface area contributed by atoms with Crippen LogP contribution < -0.4 is 20.3 Å². The largest absolute Gasteiger partial charge is 0.495 e. The lowest BCUT2D eigenvalue weighted by Gasteiger charge is -2.35. The maximum absolute atomic E-state index is 13.8. The van der Waals surface area contributed by atoms with Crippen LogP contribution >= 0.6 is 11.6 Å². The van der Waals surface area contributed by atoms with Gasteiger partial charge in [-0.25, -0.2) is 4.79 Å². The predicted octanol–water partition coefficient (Wildman–Crippen LogP) is 4.58. The first-order chi connectivity index (χ1) is 20.3. The molecule has 3 aliphatic rings. The lowest BCUT2D eigenvalue weighted by molar-refractivity contribution is -0.155. The summed E-state index contributed by atoms with van der Waals surface area (Å²) >= 11 is 6.70. The van der Waals surface area contributed by atoms with Crippen LogP contribution in [0, 0.1) is 11.8 Å². The second kappa shape index (κ2) is 13.3. The summed E-state index contributed by atoms with van der Waals surface area (Å²) in [5.41, 5.74) is 1.53. The fraction of sp³-hybridized carbons (Fsp3) is 0.594. The van der Waals surface area contributed by atoms with E-state index in [-0.39, 0.29) is 30.2 Å². The van der Waals surface area contributed by atoms with E-state index < -0.39 is 42.0 Å². The minimum atomic E-state index is -0.968. The zero-order chi connectivity index (χ0) is 31.6. The third-order valence-corrected chi connectivity index (χ3v) is 9.37. The van der Waals surface area contributed by atoms with Gasteiger partial charge in [0.25, 0.3) is 0 Å². The second-order valence-corrected chi connectivity index (χ2v) is 12.5. The van der Waals surface area contributed by atoms with E-state index in [9.17, 15) is 14.4 Å². The number of benzene rings is 1. The monoisotopic (exact) mass is 617 g/mol. The Morgan fingerprint density at radius 1 is 1.28 bits per heavy atom. The van der Waals surface area contributed by atoms with E-state index in [0.29, 0.717) is 29.3 Å². The molecule has 0 radical (unpaired) electrons. The van der Waals surface area contributed by atoms with Gasteiger partial charge in [-0.1, -0.05) is 49.2 Å². The van der Waals surface area contributed by atoms with Gasteiger partial charge in [0.2, 0.25) is 5.91 Å². The molecule has 2 fully saturated rings. The van der Waals surface area contributed by atoms with E-state index in [1.54, 1.807) is 21.0 Å². The van der Waals surface area contributed by atoms with E-state index in [4.69, 9.17) is 30.5 Å². The predicted molar refractivity (Wildman–Crippen MR) is 164 cm³/mol. The fourth-order valence-corrected chi connectivity index (χ4v) is 6.18. The normalized spacial score (nSPS) is 34.1. The number of carbonyl (C=O) groups is 3. The van der Waals surface area contributed by atoms with Crippen LogP contribution in [0.1, 0.15) is 53.0 Å². The van der Waals surface area contributed by atoms with Gasteiger partial charge >= 0.3 is 12.1 Å². The lowest BCUT2D eigenvalue weighted by atomic mass is 9.83. The molecule has 0 saturated carbocycles. The number of amides is 2. The van der Waals surface area contributed by atoms with Crippen LogP contribution in [0.25, 0.3) is 0 Å². The SMILES string of the molecule is CN[C@@H](C)C(=O)O[C@H]1CC(=O)N(C)c2cc(cc(OC)c2Cl)C/C(C)=C/C=C/[C@@H](C)[C@H]2C[C@H](OC(=O)N2)[C@@H](C)C2O[C@]21C. The van der Waals surface area contributed by atoms with Crippen LogP contribution in [0.15, 0.2) is 35.9 Å². The first-order valence-corrected chi connectivity index (χ1v) is 15.2. The summed E-state index contributed by atoms with van der Waals surface area (Å²) in [5.74, 6) is -0.524. The molecule has 0 spiro atoms. The zero-order valence-electron chi connectivity index (χ0n) is 26.2. The molecule has 1 aromatic carbocycles. The molecule has 11 heteroatoms. The Bertz CT molecular complexity index is 1300. The molecule has 0 aromatic heterocycles. The van der Waals surface area contributed by atoms with E-state index in [2.05, 4.69) is 23.6 Å². The number of anilines is 1. The lowest BCUT2D eigenvalue weighted by Crippen LogP contribution is -2.51. The molecule has 236 valence electrons. The number of esters is 1. The molecule has 1 aromatic rings. The fourth-order valence-electron chi connectivity index (χ4n) is 5.87. The van der Waals surface area contributed by atoms with Crippen molar-refractivity contribution < 1.29 is 33.3 Å². The van der Waals surface area contributed by atoms with Crippen molar-refractivity contribution >= 4 is 35.3 Å². The van der Waals surface area contributed by atoms with Crippen LogP contribution in [0.2, 0.25) is 5.02 Å². The van der Waals surface area contributed by atoms with Crippen LogP contribution in [-0.4, -0.2) is 75.2 Å². The Morgan fingerprint density at radius 2 is 2.00 bits per heavy atom. The topological polar surface area (TPSA) is 119 Å². The highest BCUT2D eigenvalue weighted by Gasteiger charge is 2.63. The van der Waals surface area contributed by atoms with Crippen molar-refractivity contribution in [2.45, 2.75) is 89.9 Å². The van der Waals surface area contributed by atoms with Crippen molar-refractivity contribution in [1.82, 2.24) is 10.6 Å². The number of nitrogens with one attached hydrogen (secondary N) is 2. The van der Waals surface area contributed by atoms with Gasteiger partial charge in [-0.05, 0) is 57.9 Å². The van der Waals surface area contributed by atoms with Gasteiger partial charge in [-0.15, -0.1) is 0 Å². The zero-order valence-corrected chi connectivity index (χ0v) is 27.0. The molecule has 1 unspecified atom stereocenters. The Morgan fingerprint density at radius 3 is 2.67 bits per heavy atom. The van der Waals surface area contributed by atoms with Gasteiger partial charge in [-0.3, -0.25) is 9.59 Å². The molecule has 3 heterocycles.